The Balaban J connectivity index is 2.54. The maximum absolute atomic E-state index is 11.8. The summed E-state index contributed by atoms with van der Waals surface area (Å²) in [6.07, 6.45) is 2.92. The summed E-state index contributed by atoms with van der Waals surface area (Å²) in [7, 11) is 3.96. The molecule has 0 aliphatic rings. The van der Waals surface area contributed by atoms with Crippen molar-refractivity contribution < 1.29 is 4.79 Å². The van der Waals surface area contributed by atoms with E-state index in [-0.39, 0.29) is 5.91 Å². The number of hydrogen-bond acceptors (Lipinski definition) is 2. The summed E-state index contributed by atoms with van der Waals surface area (Å²) in [5.74, 6) is -0.0237. The van der Waals surface area contributed by atoms with Crippen molar-refractivity contribution in [1.82, 2.24) is 15.2 Å². The molecule has 0 spiro atoms. The summed E-state index contributed by atoms with van der Waals surface area (Å²) in [4.78, 5) is 16.7. The second kappa shape index (κ2) is 4.98. The number of aryl methyl sites for hydroxylation is 2. The van der Waals surface area contributed by atoms with Crippen molar-refractivity contribution in [3.8, 4) is 0 Å². The zero-order valence-corrected chi connectivity index (χ0v) is 9.77. The van der Waals surface area contributed by atoms with E-state index in [1.54, 1.807) is 0 Å². The Morgan fingerprint density at radius 2 is 2.13 bits per heavy atom. The third-order valence-electron chi connectivity index (χ3n) is 2.26. The smallest absolute Gasteiger partial charge is 0.253 e. The van der Waals surface area contributed by atoms with Gasteiger partial charge in [-0.25, -0.2) is 0 Å². The van der Waals surface area contributed by atoms with Gasteiger partial charge in [-0.05, 0) is 33.5 Å². The molecule has 0 saturated carbocycles. The van der Waals surface area contributed by atoms with E-state index in [0.29, 0.717) is 12.1 Å². The fourth-order valence-corrected chi connectivity index (χ4v) is 1.42. The molecule has 1 heterocycles. The van der Waals surface area contributed by atoms with E-state index in [1.807, 2.05) is 32.8 Å². The van der Waals surface area contributed by atoms with Gasteiger partial charge in [0.1, 0.15) is 0 Å². The van der Waals surface area contributed by atoms with Crippen molar-refractivity contribution in [3.05, 3.63) is 23.0 Å². The molecule has 0 bridgehead atoms. The van der Waals surface area contributed by atoms with Crippen molar-refractivity contribution in [2.45, 2.75) is 13.8 Å². The van der Waals surface area contributed by atoms with Crippen LogP contribution in [0.15, 0.2) is 0 Å². The van der Waals surface area contributed by atoms with Crippen LogP contribution in [-0.2, 0) is 0 Å². The highest BCUT2D eigenvalue weighted by molar-refractivity contribution is 5.96. The van der Waals surface area contributed by atoms with E-state index in [9.17, 15) is 4.79 Å². The molecule has 2 N–H and O–H groups in total. The molecule has 1 amide bonds. The third kappa shape index (κ3) is 3.09. The van der Waals surface area contributed by atoms with Crippen LogP contribution < -0.4 is 5.32 Å². The van der Waals surface area contributed by atoms with Crippen LogP contribution in [0.25, 0.3) is 0 Å². The van der Waals surface area contributed by atoms with Crippen LogP contribution in [0.4, 0.5) is 0 Å². The topological polar surface area (TPSA) is 48.1 Å². The van der Waals surface area contributed by atoms with Gasteiger partial charge in [0.05, 0.1) is 11.8 Å². The molecule has 0 saturated heterocycles. The molecule has 1 aromatic heterocycles. The molecule has 1 radical (unpaired) electrons. The first kappa shape index (κ1) is 11.8. The molecule has 0 aromatic carbocycles. The van der Waals surface area contributed by atoms with E-state index >= 15 is 0 Å². The number of hydrogen-bond donors (Lipinski definition) is 2. The zero-order valence-electron chi connectivity index (χ0n) is 9.77. The first-order valence-electron chi connectivity index (χ1n) is 5.02. The highest BCUT2D eigenvalue weighted by Crippen LogP contribution is 2.10. The number of amides is 1. The molecule has 0 aliphatic heterocycles. The molecule has 0 fully saturated rings. The van der Waals surface area contributed by atoms with E-state index in [4.69, 9.17) is 0 Å². The normalized spacial score (nSPS) is 10.7. The van der Waals surface area contributed by atoms with Crippen LogP contribution >= 0.6 is 0 Å². The van der Waals surface area contributed by atoms with Gasteiger partial charge in [-0.3, -0.25) is 4.79 Å². The highest BCUT2D eigenvalue weighted by atomic mass is 16.1. The van der Waals surface area contributed by atoms with E-state index < -0.39 is 0 Å². The number of rotatable bonds is 4. The summed E-state index contributed by atoms with van der Waals surface area (Å²) in [6, 6.07) is 0. The monoisotopic (exact) mass is 208 g/mol. The zero-order chi connectivity index (χ0) is 11.4. The maximum atomic E-state index is 11.8. The fraction of sp³-hybridized carbons (Fsp3) is 0.545. The Labute approximate surface area is 90.7 Å². The number of carbonyl (C=O) groups is 1. The van der Waals surface area contributed by atoms with Gasteiger partial charge in [-0.2, -0.15) is 0 Å². The largest absolute Gasteiger partial charge is 0.357 e. The van der Waals surface area contributed by atoms with Crippen LogP contribution in [0.3, 0.4) is 0 Å². The summed E-state index contributed by atoms with van der Waals surface area (Å²) in [5, 5.41) is 2.88. The summed E-state index contributed by atoms with van der Waals surface area (Å²) >= 11 is 0. The van der Waals surface area contributed by atoms with E-state index in [1.165, 1.54) is 0 Å². The Kier molecular flexibility index (Phi) is 3.91. The summed E-state index contributed by atoms with van der Waals surface area (Å²) < 4.78 is 0. The minimum absolute atomic E-state index is 0.0237. The van der Waals surface area contributed by atoms with Crippen molar-refractivity contribution in [2.75, 3.05) is 27.2 Å². The van der Waals surface area contributed by atoms with Crippen molar-refractivity contribution >= 4 is 5.91 Å². The molecular formula is C11H18N3O. The molecule has 83 valence electrons. The Morgan fingerprint density at radius 1 is 1.47 bits per heavy atom. The number of likely N-dealkylation sites (N-methyl/N-ethyl adjacent to an activating group) is 1. The van der Waals surface area contributed by atoms with E-state index in [0.717, 1.165) is 17.8 Å². The standard InChI is InChI=1S/C11H18N3O/c1-8-7-13-9(2)10(8)11(15)12-5-6-14(3)4/h13H,5-6H2,1-4H3,(H,12,15). The van der Waals surface area contributed by atoms with Gasteiger partial charge in [0.25, 0.3) is 5.91 Å². The van der Waals surface area contributed by atoms with Crippen LogP contribution in [0, 0.1) is 20.0 Å². The SMILES string of the molecule is Cc1[c][nH]c(C)c1C(=O)NCCN(C)C. The van der Waals surface area contributed by atoms with Crippen LogP contribution in [0.5, 0.6) is 0 Å². The lowest BCUT2D eigenvalue weighted by atomic mass is 10.1. The van der Waals surface area contributed by atoms with Crippen LogP contribution in [0.1, 0.15) is 21.6 Å². The number of carbonyl (C=O) groups excluding carboxylic acids is 1. The van der Waals surface area contributed by atoms with Gasteiger partial charge in [-0.15, -0.1) is 0 Å². The lowest BCUT2D eigenvalue weighted by Crippen LogP contribution is -2.31. The molecule has 1 rings (SSSR count). The molecular weight excluding hydrogens is 190 g/mol. The van der Waals surface area contributed by atoms with Gasteiger partial charge in [0.2, 0.25) is 0 Å². The number of nitrogens with one attached hydrogen (secondary N) is 2. The van der Waals surface area contributed by atoms with E-state index in [2.05, 4.69) is 16.5 Å². The van der Waals surface area contributed by atoms with Crippen molar-refractivity contribution in [3.63, 3.8) is 0 Å². The quantitative estimate of drug-likeness (QED) is 0.766. The third-order valence-corrected chi connectivity index (χ3v) is 2.26. The molecule has 0 atom stereocenters. The van der Waals surface area contributed by atoms with Gasteiger partial charge >= 0.3 is 0 Å². The first-order valence-corrected chi connectivity index (χ1v) is 5.02. The van der Waals surface area contributed by atoms with Gasteiger partial charge < -0.3 is 15.2 Å². The average Bonchev–Trinajstić information content (AvgIpc) is 2.45. The number of aromatic nitrogens is 1. The van der Waals surface area contributed by atoms with Gasteiger partial charge in [0.15, 0.2) is 0 Å². The summed E-state index contributed by atoms with van der Waals surface area (Å²) in [5.41, 5.74) is 2.46. The number of aromatic amines is 1. The van der Waals surface area contributed by atoms with Crippen LogP contribution in [0.2, 0.25) is 0 Å². The lowest BCUT2D eigenvalue weighted by molar-refractivity contribution is 0.0950. The predicted molar refractivity (Wildman–Crippen MR) is 60.0 cm³/mol. The molecule has 4 nitrogen and oxygen atoms in total. The van der Waals surface area contributed by atoms with Crippen LogP contribution in [-0.4, -0.2) is 43.0 Å². The molecule has 15 heavy (non-hydrogen) atoms. The summed E-state index contributed by atoms with van der Waals surface area (Å²) in [6.45, 7) is 5.27. The molecule has 0 aliphatic carbocycles. The average molecular weight is 208 g/mol. The minimum Gasteiger partial charge on any atom is -0.357 e. The maximum Gasteiger partial charge on any atom is 0.253 e. The lowest BCUT2D eigenvalue weighted by Gasteiger charge is -2.10. The molecule has 0 unspecified atom stereocenters. The molecule has 4 heteroatoms. The Hall–Kier alpha value is -1.29. The first-order chi connectivity index (χ1) is 7.02. The van der Waals surface area contributed by atoms with Crippen molar-refractivity contribution in [2.24, 2.45) is 0 Å². The molecule has 1 aromatic rings. The van der Waals surface area contributed by atoms with Gasteiger partial charge in [0, 0.05) is 18.8 Å². The second-order valence-corrected chi connectivity index (χ2v) is 3.93. The minimum atomic E-state index is -0.0237. The Morgan fingerprint density at radius 3 is 2.60 bits per heavy atom. The highest BCUT2D eigenvalue weighted by Gasteiger charge is 2.13. The van der Waals surface area contributed by atoms with Crippen molar-refractivity contribution in [1.29, 1.82) is 0 Å². The number of H-pyrrole nitrogens is 1. The second-order valence-electron chi connectivity index (χ2n) is 3.93. The predicted octanol–water partition coefficient (Wildman–Crippen LogP) is 0.723. The fourth-order valence-electron chi connectivity index (χ4n) is 1.42. The number of nitrogens with zero attached hydrogens (tertiary/aromatic N) is 1. The van der Waals surface area contributed by atoms with Gasteiger partial charge in [-0.1, -0.05) is 0 Å². The Bertz CT molecular complexity index is 322.